The Morgan fingerprint density at radius 1 is 0.773 bits per heavy atom. The molecule has 0 spiro atoms. The van der Waals surface area contributed by atoms with Crippen LogP contribution < -0.4 is 10.0 Å². The van der Waals surface area contributed by atoms with Gasteiger partial charge in [0.15, 0.2) is 0 Å². The van der Waals surface area contributed by atoms with Crippen molar-refractivity contribution in [2.75, 3.05) is 17.1 Å². The quantitative estimate of drug-likeness (QED) is 0.772. The lowest BCUT2D eigenvalue weighted by atomic mass is 10.1. The highest BCUT2D eigenvalue weighted by molar-refractivity contribution is 7.92. The largest absolute Gasteiger partial charge is 0.388 e. The zero-order chi connectivity index (χ0) is 15.6. The topological polar surface area (TPSA) is 58.2 Å². The first kappa shape index (κ1) is 14.4. The van der Waals surface area contributed by atoms with Gasteiger partial charge >= 0.3 is 0 Å². The van der Waals surface area contributed by atoms with Crippen molar-refractivity contribution in [3.05, 3.63) is 66.7 Å². The Morgan fingerprint density at radius 2 is 1.50 bits per heavy atom. The smallest absolute Gasteiger partial charge is 0.261 e. The highest BCUT2D eigenvalue weighted by Gasteiger charge is 2.14. The summed E-state index contributed by atoms with van der Waals surface area (Å²) in [6, 6.07) is 19.8. The second-order valence-electron chi connectivity index (χ2n) is 4.95. The summed E-state index contributed by atoms with van der Waals surface area (Å²) in [4.78, 5) is 0.247. The number of hydrogen-bond donors (Lipinski definition) is 2. The van der Waals surface area contributed by atoms with E-state index in [1.807, 2.05) is 37.4 Å². The SMILES string of the molecule is CNc1ccc2ccc(S(=O)(=O)Nc3ccccc3)cc2c1. The minimum atomic E-state index is -3.59. The Bertz CT molecular complexity index is 906. The Balaban J connectivity index is 2.01. The predicted octanol–water partition coefficient (Wildman–Crippen LogP) is 3.68. The molecule has 0 aliphatic carbocycles. The summed E-state index contributed by atoms with van der Waals surface area (Å²) in [5.41, 5.74) is 1.49. The van der Waals surface area contributed by atoms with E-state index in [0.717, 1.165) is 16.5 Å². The van der Waals surface area contributed by atoms with Crippen LogP contribution in [0.2, 0.25) is 0 Å². The molecule has 112 valence electrons. The fourth-order valence-electron chi connectivity index (χ4n) is 2.27. The highest BCUT2D eigenvalue weighted by Crippen LogP contribution is 2.24. The van der Waals surface area contributed by atoms with Gasteiger partial charge in [0.05, 0.1) is 4.90 Å². The van der Waals surface area contributed by atoms with Gasteiger partial charge in [0.25, 0.3) is 10.0 Å². The van der Waals surface area contributed by atoms with E-state index in [-0.39, 0.29) is 4.90 Å². The van der Waals surface area contributed by atoms with Gasteiger partial charge in [-0.3, -0.25) is 4.72 Å². The molecular formula is C17H16N2O2S. The molecule has 0 amide bonds. The van der Waals surface area contributed by atoms with Gasteiger partial charge in [-0.25, -0.2) is 8.42 Å². The molecule has 0 bridgehead atoms. The van der Waals surface area contributed by atoms with Crippen LogP contribution in [0.1, 0.15) is 0 Å². The van der Waals surface area contributed by atoms with Crippen molar-refractivity contribution in [1.29, 1.82) is 0 Å². The first-order valence-electron chi connectivity index (χ1n) is 6.88. The first-order chi connectivity index (χ1) is 10.6. The van der Waals surface area contributed by atoms with E-state index in [0.29, 0.717) is 5.69 Å². The molecule has 22 heavy (non-hydrogen) atoms. The van der Waals surface area contributed by atoms with E-state index >= 15 is 0 Å². The monoisotopic (exact) mass is 312 g/mol. The number of rotatable bonds is 4. The first-order valence-corrected chi connectivity index (χ1v) is 8.36. The normalized spacial score (nSPS) is 11.3. The lowest BCUT2D eigenvalue weighted by Crippen LogP contribution is -2.12. The number of benzene rings is 3. The van der Waals surface area contributed by atoms with Gasteiger partial charge in [0.1, 0.15) is 0 Å². The minimum Gasteiger partial charge on any atom is -0.388 e. The van der Waals surface area contributed by atoms with E-state index in [2.05, 4.69) is 10.0 Å². The molecule has 0 saturated heterocycles. The van der Waals surface area contributed by atoms with Gasteiger partial charge in [0.2, 0.25) is 0 Å². The van der Waals surface area contributed by atoms with Crippen LogP contribution in [0.25, 0.3) is 10.8 Å². The zero-order valence-electron chi connectivity index (χ0n) is 12.1. The molecule has 3 aromatic rings. The zero-order valence-corrected chi connectivity index (χ0v) is 12.9. The molecular weight excluding hydrogens is 296 g/mol. The molecule has 0 fully saturated rings. The summed E-state index contributed by atoms with van der Waals surface area (Å²) in [5.74, 6) is 0. The van der Waals surface area contributed by atoms with E-state index in [9.17, 15) is 8.42 Å². The van der Waals surface area contributed by atoms with Crippen molar-refractivity contribution in [3.63, 3.8) is 0 Å². The van der Waals surface area contributed by atoms with Crippen LogP contribution in [0.3, 0.4) is 0 Å². The summed E-state index contributed by atoms with van der Waals surface area (Å²) < 4.78 is 27.5. The van der Waals surface area contributed by atoms with Gasteiger partial charge in [-0.15, -0.1) is 0 Å². The maximum Gasteiger partial charge on any atom is 0.261 e. The third-order valence-electron chi connectivity index (χ3n) is 3.44. The molecule has 0 aliphatic heterocycles. The van der Waals surface area contributed by atoms with Crippen LogP contribution in [-0.4, -0.2) is 15.5 Å². The molecule has 0 heterocycles. The average Bonchev–Trinajstić information content (AvgIpc) is 2.54. The third-order valence-corrected chi connectivity index (χ3v) is 4.82. The average molecular weight is 312 g/mol. The molecule has 3 aromatic carbocycles. The van der Waals surface area contributed by atoms with Crippen LogP contribution in [-0.2, 0) is 10.0 Å². The fourth-order valence-corrected chi connectivity index (χ4v) is 3.36. The van der Waals surface area contributed by atoms with Crippen molar-refractivity contribution < 1.29 is 8.42 Å². The number of anilines is 2. The maximum absolute atomic E-state index is 12.5. The van der Waals surface area contributed by atoms with Crippen molar-refractivity contribution in [1.82, 2.24) is 0 Å². The minimum absolute atomic E-state index is 0.247. The molecule has 0 saturated carbocycles. The molecule has 0 aromatic heterocycles. The van der Waals surface area contributed by atoms with Crippen molar-refractivity contribution in [3.8, 4) is 0 Å². The molecule has 0 unspecified atom stereocenters. The van der Waals surface area contributed by atoms with Gasteiger partial charge in [-0.05, 0) is 47.2 Å². The number of para-hydroxylation sites is 1. The Kier molecular flexibility index (Phi) is 3.73. The van der Waals surface area contributed by atoms with E-state index in [4.69, 9.17) is 0 Å². The lowest BCUT2D eigenvalue weighted by molar-refractivity contribution is 0.601. The Labute approximate surface area is 129 Å². The Hall–Kier alpha value is -2.53. The molecule has 0 atom stereocenters. The fraction of sp³-hybridized carbons (Fsp3) is 0.0588. The summed E-state index contributed by atoms with van der Waals surface area (Å²) in [7, 11) is -1.76. The van der Waals surface area contributed by atoms with Crippen LogP contribution in [0, 0.1) is 0 Å². The number of hydrogen-bond acceptors (Lipinski definition) is 3. The van der Waals surface area contributed by atoms with E-state index in [1.54, 1.807) is 36.4 Å². The Morgan fingerprint density at radius 3 is 2.23 bits per heavy atom. The van der Waals surface area contributed by atoms with E-state index in [1.165, 1.54) is 0 Å². The number of nitrogens with one attached hydrogen (secondary N) is 2. The van der Waals surface area contributed by atoms with E-state index < -0.39 is 10.0 Å². The molecule has 3 rings (SSSR count). The van der Waals surface area contributed by atoms with Crippen molar-refractivity contribution in [2.45, 2.75) is 4.90 Å². The van der Waals surface area contributed by atoms with Crippen molar-refractivity contribution >= 4 is 32.2 Å². The number of fused-ring (bicyclic) bond motifs is 1. The van der Waals surface area contributed by atoms with Crippen LogP contribution in [0.4, 0.5) is 11.4 Å². The second kappa shape index (κ2) is 5.69. The highest BCUT2D eigenvalue weighted by atomic mass is 32.2. The third kappa shape index (κ3) is 2.89. The molecule has 5 heteroatoms. The van der Waals surface area contributed by atoms with Gasteiger partial charge < -0.3 is 5.32 Å². The molecule has 4 nitrogen and oxygen atoms in total. The molecule has 0 radical (unpaired) electrons. The van der Waals surface area contributed by atoms with Crippen LogP contribution >= 0.6 is 0 Å². The van der Waals surface area contributed by atoms with Crippen LogP contribution in [0.5, 0.6) is 0 Å². The van der Waals surface area contributed by atoms with Crippen LogP contribution in [0.15, 0.2) is 71.6 Å². The number of sulfonamides is 1. The lowest BCUT2D eigenvalue weighted by Gasteiger charge is -2.09. The van der Waals surface area contributed by atoms with Crippen molar-refractivity contribution in [2.24, 2.45) is 0 Å². The van der Waals surface area contributed by atoms with Gasteiger partial charge in [-0.1, -0.05) is 30.3 Å². The summed E-state index contributed by atoms with van der Waals surface area (Å²) >= 11 is 0. The summed E-state index contributed by atoms with van der Waals surface area (Å²) in [6.45, 7) is 0. The summed E-state index contributed by atoms with van der Waals surface area (Å²) in [5, 5.41) is 4.93. The van der Waals surface area contributed by atoms with Gasteiger partial charge in [-0.2, -0.15) is 0 Å². The standard InChI is InChI=1S/C17H16N2O2S/c1-18-16-9-7-13-8-10-17(12-14(13)11-16)22(20,21)19-15-5-3-2-4-6-15/h2-12,18-19H,1H3. The maximum atomic E-state index is 12.5. The molecule has 0 aliphatic rings. The summed E-state index contributed by atoms with van der Waals surface area (Å²) in [6.07, 6.45) is 0. The predicted molar refractivity (Wildman–Crippen MR) is 90.7 cm³/mol. The second-order valence-corrected chi connectivity index (χ2v) is 6.63. The molecule has 2 N–H and O–H groups in total. The van der Waals surface area contributed by atoms with Gasteiger partial charge in [0, 0.05) is 18.4 Å².